The molecular formula is C16H12Br2N2O5. The average molecular weight is 472 g/mol. The highest BCUT2D eigenvalue weighted by Crippen LogP contribution is 2.15. The first-order chi connectivity index (χ1) is 11.8. The van der Waals surface area contributed by atoms with Crippen molar-refractivity contribution in [3.05, 3.63) is 62.6 Å². The summed E-state index contributed by atoms with van der Waals surface area (Å²) in [6.07, 6.45) is 1.43. The van der Waals surface area contributed by atoms with E-state index in [-0.39, 0.29) is 11.5 Å². The first kappa shape index (κ1) is 18.9. The van der Waals surface area contributed by atoms with Crippen LogP contribution in [0.3, 0.4) is 0 Å². The van der Waals surface area contributed by atoms with E-state index in [9.17, 15) is 14.4 Å². The van der Waals surface area contributed by atoms with Gasteiger partial charge in [0.1, 0.15) is 12.2 Å². The lowest BCUT2D eigenvalue weighted by atomic mass is 10.2. The monoisotopic (exact) mass is 470 g/mol. The number of aliphatic carboxylic acids is 1. The first-order valence-corrected chi connectivity index (χ1v) is 8.47. The predicted octanol–water partition coefficient (Wildman–Crippen LogP) is 2.78. The topological polar surface area (TPSA) is 109 Å². The summed E-state index contributed by atoms with van der Waals surface area (Å²) in [5.41, 5.74) is 0.533. The minimum Gasteiger partial charge on any atom is -0.480 e. The molecule has 3 N–H and O–H groups in total. The number of carboxylic acid groups (broad SMARTS) is 1. The van der Waals surface area contributed by atoms with E-state index in [2.05, 4.69) is 42.5 Å². The lowest BCUT2D eigenvalue weighted by Crippen LogP contribution is -2.37. The molecular weight excluding hydrogens is 460 g/mol. The van der Waals surface area contributed by atoms with Gasteiger partial charge < -0.3 is 20.2 Å². The van der Waals surface area contributed by atoms with E-state index >= 15 is 0 Å². The number of rotatable bonds is 6. The Balaban J connectivity index is 2.24. The van der Waals surface area contributed by atoms with Gasteiger partial charge in [-0.2, -0.15) is 0 Å². The molecule has 0 saturated heterocycles. The van der Waals surface area contributed by atoms with Gasteiger partial charge in [-0.3, -0.25) is 14.4 Å². The van der Waals surface area contributed by atoms with Crippen LogP contribution in [0.5, 0.6) is 0 Å². The third-order valence-electron chi connectivity index (χ3n) is 2.87. The molecule has 0 unspecified atom stereocenters. The molecule has 0 radical (unpaired) electrons. The van der Waals surface area contributed by atoms with Gasteiger partial charge in [0.05, 0.1) is 0 Å². The predicted molar refractivity (Wildman–Crippen MR) is 96.6 cm³/mol. The van der Waals surface area contributed by atoms with E-state index in [4.69, 9.17) is 9.52 Å². The van der Waals surface area contributed by atoms with Crippen LogP contribution in [-0.4, -0.2) is 29.4 Å². The number of halogens is 2. The Morgan fingerprint density at radius 3 is 2.32 bits per heavy atom. The Kier molecular flexibility index (Phi) is 6.54. The van der Waals surface area contributed by atoms with Crippen molar-refractivity contribution in [2.45, 2.75) is 0 Å². The summed E-state index contributed by atoms with van der Waals surface area (Å²) in [4.78, 5) is 35.0. The second-order valence-corrected chi connectivity index (χ2v) is 6.44. The van der Waals surface area contributed by atoms with Gasteiger partial charge in [-0.05, 0) is 51.8 Å². The van der Waals surface area contributed by atoms with Gasteiger partial charge in [-0.25, -0.2) is 0 Å². The SMILES string of the molecule is O=C(O)CNC(=O)C(=Cc1ccc(Br)cc1)NC(=O)c1ccc(Br)o1. The number of carboxylic acids is 1. The number of hydrogen-bond acceptors (Lipinski definition) is 4. The number of hydrogen-bond donors (Lipinski definition) is 3. The third-order valence-corrected chi connectivity index (χ3v) is 3.83. The standard InChI is InChI=1S/C16H12Br2N2O5/c17-10-3-1-9(2-4-10)7-11(15(23)19-8-14(21)22)20-16(24)12-5-6-13(18)25-12/h1-7H,8H2,(H,19,23)(H,20,24)(H,21,22). The molecule has 130 valence electrons. The number of benzene rings is 1. The summed E-state index contributed by atoms with van der Waals surface area (Å²) in [5.74, 6) is -2.57. The van der Waals surface area contributed by atoms with Crippen molar-refractivity contribution in [1.82, 2.24) is 10.6 Å². The van der Waals surface area contributed by atoms with Crippen LogP contribution in [0.4, 0.5) is 0 Å². The molecule has 0 aliphatic heterocycles. The van der Waals surface area contributed by atoms with Gasteiger partial charge in [0, 0.05) is 4.47 Å². The van der Waals surface area contributed by atoms with Crippen LogP contribution in [0.1, 0.15) is 16.1 Å². The molecule has 0 bridgehead atoms. The largest absolute Gasteiger partial charge is 0.480 e. The van der Waals surface area contributed by atoms with Crippen LogP contribution in [0.2, 0.25) is 0 Å². The molecule has 0 spiro atoms. The van der Waals surface area contributed by atoms with Gasteiger partial charge in [0.15, 0.2) is 10.4 Å². The molecule has 1 aromatic heterocycles. The molecule has 2 rings (SSSR count). The summed E-state index contributed by atoms with van der Waals surface area (Å²) >= 11 is 6.39. The van der Waals surface area contributed by atoms with Crippen molar-refractivity contribution in [3.8, 4) is 0 Å². The minimum atomic E-state index is -1.20. The van der Waals surface area contributed by atoms with E-state index in [0.717, 1.165) is 4.47 Å². The maximum absolute atomic E-state index is 12.2. The molecule has 2 aromatic rings. The third kappa shape index (κ3) is 5.87. The van der Waals surface area contributed by atoms with E-state index in [1.165, 1.54) is 18.2 Å². The van der Waals surface area contributed by atoms with Crippen LogP contribution in [0.25, 0.3) is 6.08 Å². The normalized spacial score (nSPS) is 11.0. The van der Waals surface area contributed by atoms with E-state index in [0.29, 0.717) is 10.2 Å². The molecule has 0 saturated carbocycles. The van der Waals surface area contributed by atoms with Crippen molar-refractivity contribution in [2.75, 3.05) is 6.54 Å². The van der Waals surface area contributed by atoms with Crippen molar-refractivity contribution >= 4 is 55.7 Å². The molecule has 2 amide bonds. The Morgan fingerprint density at radius 1 is 1.08 bits per heavy atom. The molecule has 1 aromatic carbocycles. The summed E-state index contributed by atoms with van der Waals surface area (Å²) in [6, 6.07) is 9.96. The number of carbonyl (C=O) groups is 3. The van der Waals surface area contributed by atoms with Crippen LogP contribution in [-0.2, 0) is 9.59 Å². The first-order valence-electron chi connectivity index (χ1n) is 6.89. The maximum Gasteiger partial charge on any atom is 0.322 e. The summed E-state index contributed by atoms with van der Waals surface area (Å²) in [6.45, 7) is -0.571. The fourth-order valence-electron chi connectivity index (χ4n) is 1.76. The van der Waals surface area contributed by atoms with Gasteiger partial charge in [0.2, 0.25) is 0 Å². The van der Waals surface area contributed by atoms with Crippen molar-refractivity contribution in [2.24, 2.45) is 0 Å². The Bertz CT molecular complexity index is 827. The van der Waals surface area contributed by atoms with E-state index in [1.54, 1.807) is 24.3 Å². The molecule has 0 aliphatic rings. The number of furan rings is 1. The summed E-state index contributed by atoms with van der Waals surface area (Å²) < 4.78 is 6.36. The highest BCUT2D eigenvalue weighted by molar-refractivity contribution is 9.10. The quantitative estimate of drug-likeness (QED) is 0.561. The molecule has 0 atom stereocenters. The fourth-order valence-corrected chi connectivity index (χ4v) is 2.33. The van der Waals surface area contributed by atoms with Crippen molar-refractivity contribution < 1.29 is 23.9 Å². The fraction of sp³-hybridized carbons (Fsp3) is 0.0625. The van der Waals surface area contributed by atoms with Crippen LogP contribution < -0.4 is 10.6 Å². The van der Waals surface area contributed by atoms with Crippen LogP contribution >= 0.6 is 31.9 Å². The van der Waals surface area contributed by atoms with Gasteiger partial charge in [-0.1, -0.05) is 28.1 Å². The number of nitrogens with one attached hydrogen (secondary N) is 2. The van der Waals surface area contributed by atoms with Crippen molar-refractivity contribution in [1.29, 1.82) is 0 Å². The summed E-state index contributed by atoms with van der Waals surface area (Å²) in [5, 5.41) is 13.3. The molecule has 0 aliphatic carbocycles. The smallest absolute Gasteiger partial charge is 0.322 e. The lowest BCUT2D eigenvalue weighted by molar-refractivity contribution is -0.137. The zero-order chi connectivity index (χ0) is 18.4. The highest BCUT2D eigenvalue weighted by atomic mass is 79.9. The zero-order valence-corrected chi connectivity index (χ0v) is 15.8. The average Bonchev–Trinajstić information content (AvgIpc) is 3.00. The highest BCUT2D eigenvalue weighted by Gasteiger charge is 2.17. The lowest BCUT2D eigenvalue weighted by Gasteiger charge is -2.09. The molecule has 1 heterocycles. The second kappa shape index (κ2) is 8.63. The van der Waals surface area contributed by atoms with Crippen molar-refractivity contribution in [3.63, 3.8) is 0 Å². The van der Waals surface area contributed by atoms with Gasteiger partial charge >= 0.3 is 5.97 Å². The second-order valence-electron chi connectivity index (χ2n) is 4.74. The maximum atomic E-state index is 12.2. The number of amides is 2. The van der Waals surface area contributed by atoms with Gasteiger partial charge in [-0.15, -0.1) is 0 Å². The Hall–Kier alpha value is -2.39. The zero-order valence-electron chi connectivity index (χ0n) is 12.6. The van der Waals surface area contributed by atoms with Gasteiger partial charge in [0.25, 0.3) is 11.8 Å². The Labute approximate surface area is 159 Å². The summed E-state index contributed by atoms with van der Waals surface area (Å²) in [7, 11) is 0. The molecule has 25 heavy (non-hydrogen) atoms. The van der Waals surface area contributed by atoms with E-state index in [1.807, 2.05) is 0 Å². The van der Waals surface area contributed by atoms with E-state index < -0.39 is 24.3 Å². The number of carbonyl (C=O) groups excluding carboxylic acids is 2. The van der Waals surface area contributed by atoms with Crippen LogP contribution in [0.15, 0.2) is 55.7 Å². The van der Waals surface area contributed by atoms with Crippen LogP contribution in [0, 0.1) is 0 Å². The molecule has 9 heteroatoms. The Morgan fingerprint density at radius 2 is 1.76 bits per heavy atom. The molecule has 7 nitrogen and oxygen atoms in total. The minimum absolute atomic E-state index is 0.000356. The molecule has 0 fully saturated rings.